The second-order valence-corrected chi connectivity index (χ2v) is 13.4. The second-order valence-electron chi connectivity index (χ2n) is 11.2. The molecule has 2 aliphatic heterocycles. The van der Waals surface area contributed by atoms with E-state index >= 15 is 0 Å². The van der Waals surface area contributed by atoms with Crippen LogP contribution in [0.2, 0.25) is 0 Å². The molecule has 47 heavy (non-hydrogen) atoms. The van der Waals surface area contributed by atoms with Crippen molar-refractivity contribution in [2.75, 3.05) is 4.90 Å². The van der Waals surface area contributed by atoms with Gasteiger partial charge < -0.3 is 14.6 Å². The predicted octanol–water partition coefficient (Wildman–Crippen LogP) is 7.50. The fraction of sp³-hybridized carbons (Fsp3) is 0.167. The Morgan fingerprint density at radius 1 is 1.02 bits per heavy atom. The molecule has 1 aromatic heterocycles. The molecule has 236 valence electrons. The average molecular weight is 666 g/mol. The Balaban J connectivity index is 1.26. The van der Waals surface area contributed by atoms with E-state index in [1.54, 1.807) is 60.7 Å². The number of ether oxygens (including phenoxy) is 2. The number of carbonyl (C=O) groups excluding carboxylic acids is 2. The number of rotatable bonds is 9. The first kappa shape index (κ1) is 30.6. The lowest BCUT2D eigenvalue weighted by atomic mass is 9.94. The van der Waals surface area contributed by atoms with Crippen LogP contribution in [0.4, 0.5) is 9.52 Å². The van der Waals surface area contributed by atoms with E-state index in [2.05, 4.69) is 10.2 Å². The number of aromatic nitrogens is 2. The van der Waals surface area contributed by atoms with Gasteiger partial charge in [-0.25, -0.2) is 4.39 Å². The number of aliphatic hydroxyl groups excluding tert-OH is 1. The Bertz CT molecular complexity index is 2010. The summed E-state index contributed by atoms with van der Waals surface area (Å²) >= 11 is 2.39. The number of thioether (sulfide) groups is 1. The highest BCUT2D eigenvalue weighted by molar-refractivity contribution is 8.00. The van der Waals surface area contributed by atoms with Crippen molar-refractivity contribution in [3.8, 4) is 11.5 Å². The number of halogens is 1. The second kappa shape index (κ2) is 13.0. The number of Topliss-reactive ketones (excluding diaryl/α,β-unsaturated/α-hetero) is 1. The van der Waals surface area contributed by atoms with Gasteiger partial charge >= 0.3 is 5.91 Å². The Labute approximate surface area is 278 Å². The molecular weight excluding hydrogens is 638 g/mol. The summed E-state index contributed by atoms with van der Waals surface area (Å²) in [6.45, 7) is 2.28. The Morgan fingerprint density at radius 2 is 1.83 bits per heavy atom. The molecule has 2 unspecified atom stereocenters. The highest BCUT2D eigenvalue weighted by atomic mass is 32.2. The molecule has 1 fully saturated rings. The van der Waals surface area contributed by atoms with Gasteiger partial charge in [0.2, 0.25) is 5.13 Å². The lowest BCUT2D eigenvalue weighted by molar-refractivity contribution is -0.132. The quantitative estimate of drug-likeness (QED) is 0.0568. The third-order valence-corrected chi connectivity index (χ3v) is 10.1. The van der Waals surface area contributed by atoms with Gasteiger partial charge in [0.25, 0.3) is 5.78 Å². The van der Waals surface area contributed by atoms with Crippen LogP contribution in [0, 0.1) is 5.82 Å². The van der Waals surface area contributed by atoms with Gasteiger partial charge in [-0.05, 0) is 65.6 Å². The van der Waals surface area contributed by atoms with Gasteiger partial charge in [-0.2, -0.15) is 0 Å². The minimum atomic E-state index is -1.02. The van der Waals surface area contributed by atoms with Gasteiger partial charge in [0.05, 0.1) is 11.6 Å². The number of anilines is 1. The van der Waals surface area contributed by atoms with E-state index in [-0.39, 0.29) is 28.4 Å². The van der Waals surface area contributed by atoms with Crippen molar-refractivity contribution < 1.29 is 28.6 Å². The largest absolute Gasteiger partial charge is 0.507 e. The van der Waals surface area contributed by atoms with Crippen LogP contribution in [-0.2, 0) is 28.4 Å². The van der Waals surface area contributed by atoms with Crippen LogP contribution in [0.3, 0.4) is 0 Å². The van der Waals surface area contributed by atoms with Crippen molar-refractivity contribution in [3.05, 3.63) is 136 Å². The molecule has 4 aromatic carbocycles. The SMILES string of the molecule is CC1Cc2cc(/C(O)=C3\C(=O)C(=O)N(c4nnc(SCc5ccccc5F)s4)C3c3cccc(OCc4ccccc4)c3)ccc2O1. The van der Waals surface area contributed by atoms with Crippen LogP contribution < -0.4 is 14.4 Å². The summed E-state index contributed by atoms with van der Waals surface area (Å²) in [6.07, 6.45) is 0.655. The number of hydrogen-bond donors (Lipinski definition) is 1. The molecule has 0 spiro atoms. The normalized spacial score (nSPS) is 18.3. The summed E-state index contributed by atoms with van der Waals surface area (Å²) in [4.78, 5) is 28.8. The van der Waals surface area contributed by atoms with Crippen molar-refractivity contribution in [1.82, 2.24) is 10.2 Å². The lowest BCUT2D eigenvalue weighted by Gasteiger charge is -2.23. The minimum Gasteiger partial charge on any atom is -0.507 e. The molecule has 0 aliphatic carbocycles. The van der Waals surface area contributed by atoms with E-state index in [1.807, 2.05) is 37.3 Å². The van der Waals surface area contributed by atoms with E-state index in [0.29, 0.717) is 45.6 Å². The lowest BCUT2D eigenvalue weighted by Crippen LogP contribution is -2.29. The van der Waals surface area contributed by atoms with E-state index < -0.39 is 17.7 Å². The maximum atomic E-state index is 14.2. The Kier molecular flexibility index (Phi) is 8.48. The molecule has 2 aliphatic rings. The standard InChI is InChI=1S/C36H28FN3O5S2/c1-21-16-26-17-24(14-15-29(26)45-21)32(41)30-31(23-11-7-12-27(18-23)44-19-22-8-3-2-4-9-22)40(34(43)33(30)42)35-38-39-36(47-35)46-20-25-10-5-6-13-28(25)37/h2-15,17-18,21,31,41H,16,19-20H2,1H3/b32-30+. The Hall–Kier alpha value is -5.00. The molecule has 5 aromatic rings. The van der Waals surface area contributed by atoms with Gasteiger partial charge in [0, 0.05) is 17.7 Å². The van der Waals surface area contributed by atoms with E-state index in [0.717, 1.165) is 28.2 Å². The van der Waals surface area contributed by atoms with Crippen LogP contribution in [-0.4, -0.2) is 33.1 Å². The Morgan fingerprint density at radius 3 is 2.66 bits per heavy atom. The molecule has 0 saturated carbocycles. The zero-order valence-electron chi connectivity index (χ0n) is 25.1. The summed E-state index contributed by atoms with van der Waals surface area (Å²) in [7, 11) is 0. The van der Waals surface area contributed by atoms with Crippen LogP contribution in [0.25, 0.3) is 5.76 Å². The highest BCUT2D eigenvalue weighted by Crippen LogP contribution is 2.45. The first-order valence-corrected chi connectivity index (χ1v) is 16.7. The van der Waals surface area contributed by atoms with E-state index in [4.69, 9.17) is 9.47 Å². The molecule has 8 nitrogen and oxygen atoms in total. The number of benzene rings is 4. The maximum absolute atomic E-state index is 14.2. The summed E-state index contributed by atoms with van der Waals surface area (Å²) < 4.78 is 26.6. The molecular formula is C36H28FN3O5S2. The zero-order valence-corrected chi connectivity index (χ0v) is 26.8. The van der Waals surface area contributed by atoms with Crippen LogP contribution in [0.15, 0.2) is 107 Å². The molecule has 2 atom stereocenters. The molecule has 11 heteroatoms. The number of ketones is 1. The number of nitrogens with zero attached hydrogens (tertiary/aromatic N) is 3. The third kappa shape index (κ3) is 6.24. The zero-order chi connectivity index (χ0) is 32.5. The molecule has 0 bridgehead atoms. The number of amides is 1. The summed E-state index contributed by atoms with van der Waals surface area (Å²) in [6, 6.07) is 27.5. The topological polar surface area (TPSA) is 102 Å². The number of carbonyl (C=O) groups is 2. The monoisotopic (exact) mass is 665 g/mol. The predicted molar refractivity (Wildman–Crippen MR) is 178 cm³/mol. The van der Waals surface area contributed by atoms with Crippen molar-refractivity contribution >= 4 is 45.7 Å². The van der Waals surface area contributed by atoms with Crippen LogP contribution in [0.1, 0.15) is 40.8 Å². The minimum absolute atomic E-state index is 0.00514. The first-order valence-electron chi connectivity index (χ1n) is 14.9. The average Bonchev–Trinajstić information content (AvgIpc) is 3.78. The summed E-state index contributed by atoms with van der Waals surface area (Å²) in [5.41, 5.74) is 3.27. The summed E-state index contributed by atoms with van der Waals surface area (Å²) in [5.74, 6) is -0.742. The molecule has 1 amide bonds. The van der Waals surface area contributed by atoms with E-state index in [9.17, 15) is 19.1 Å². The van der Waals surface area contributed by atoms with Crippen molar-refractivity contribution in [1.29, 1.82) is 0 Å². The third-order valence-electron chi connectivity index (χ3n) is 7.95. The number of aliphatic hydroxyl groups is 1. The van der Waals surface area contributed by atoms with Crippen molar-refractivity contribution in [3.63, 3.8) is 0 Å². The van der Waals surface area contributed by atoms with Crippen molar-refractivity contribution in [2.45, 2.75) is 42.2 Å². The maximum Gasteiger partial charge on any atom is 0.301 e. The fourth-order valence-electron chi connectivity index (χ4n) is 5.70. The first-order chi connectivity index (χ1) is 22.9. The number of fused-ring (bicyclic) bond motifs is 1. The molecule has 1 saturated heterocycles. The molecule has 3 heterocycles. The summed E-state index contributed by atoms with van der Waals surface area (Å²) in [5, 5.41) is 20.4. The van der Waals surface area contributed by atoms with Crippen LogP contribution >= 0.6 is 23.1 Å². The van der Waals surface area contributed by atoms with Crippen molar-refractivity contribution in [2.24, 2.45) is 0 Å². The fourth-order valence-corrected chi connectivity index (χ4v) is 7.55. The highest BCUT2D eigenvalue weighted by Gasteiger charge is 2.48. The van der Waals surface area contributed by atoms with Crippen LogP contribution in [0.5, 0.6) is 11.5 Å². The molecule has 7 rings (SSSR count). The van der Waals surface area contributed by atoms with Gasteiger partial charge in [0.15, 0.2) is 4.34 Å². The molecule has 1 N–H and O–H groups in total. The molecule has 0 radical (unpaired) electrons. The van der Waals surface area contributed by atoms with Gasteiger partial charge in [0.1, 0.15) is 35.8 Å². The van der Waals surface area contributed by atoms with Gasteiger partial charge in [-0.15, -0.1) is 10.2 Å². The number of hydrogen-bond acceptors (Lipinski definition) is 9. The van der Waals surface area contributed by atoms with E-state index in [1.165, 1.54) is 22.7 Å². The van der Waals surface area contributed by atoms with Gasteiger partial charge in [-0.3, -0.25) is 14.5 Å². The van der Waals surface area contributed by atoms with Gasteiger partial charge in [-0.1, -0.05) is 83.8 Å². The smallest absolute Gasteiger partial charge is 0.301 e.